The third kappa shape index (κ3) is 7.16. The first-order chi connectivity index (χ1) is 12.9. The fourth-order valence-electron chi connectivity index (χ4n) is 2.41. The van der Waals surface area contributed by atoms with Crippen molar-refractivity contribution in [1.29, 1.82) is 0 Å². The van der Waals surface area contributed by atoms with Crippen molar-refractivity contribution in [3.05, 3.63) is 56.0 Å². The SMILES string of the molecule is CCOc1cc(CNCCN(C)C)c(Br)cc1OCc1ccc(Cl)c(Cl)c1. The zero-order valence-corrected chi connectivity index (χ0v) is 18.9. The van der Waals surface area contributed by atoms with Gasteiger partial charge >= 0.3 is 0 Å². The van der Waals surface area contributed by atoms with Crippen molar-refractivity contribution in [2.75, 3.05) is 33.8 Å². The van der Waals surface area contributed by atoms with E-state index in [0.717, 1.165) is 41.0 Å². The Morgan fingerprint density at radius 1 is 1.04 bits per heavy atom. The van der Waals surface area contributed by atoms with Crippen LogP contribution in [0.4, 0.5) is 0 Å². The molecule has 0 atom stereocenters. The fourth-order valence-corrected chi connectivity index (χ4v) is 3.19. The topological polar surface area (TPSA) is 33.7 Å². The van der Waals surface area contributed by atoms with Crippen LogP contribution in [0.2, 0.25) is 10.0 Å². The first kappa shape index (κ1) is 22.3. The molecule has 7 heteroatoms. The van der Waals surface area contributed by atoms with Crippen LogP contribution in [0.3, 0.4) is 0 Å². The Kier molecular flexibility index (Phi) is 9.19. The highest BCUT2D eigenvalue weighted by molar-refractivity contribution is 9.10. The second kappa shape index (κ2) is 11.1. The number of hydrogen-bond donors (Lipinski definition) is 1. The average Bonchev–Trinajstić information content (AvgIpc) is 2.62. The fraction of sp³-hybridized carbons (Fsp3) is 0.400. The molecule has 27 heavy (non-hydrogen) atoms. The lowest BCUT2D eigenvalue weighted by Gasteiger charge is -2.16. The van der Waals surface area contributed by atoms with Crippen LogP contribution in [-0.4, -0.2) is 38.7 Å². The van der Waals surface area contributed by atoms with Crippen molar-refractivity contribution in [3.63, 3.8) is 0 Å². The molecular formula is C20H25BrCl2N2O2. The van der Waals surface area contributed by atoms with E-state index in [4.69, 9.17) is 32.7 Å². The Labute approximate surface area is 179 Å². The molecule has 0 aliphatic carbocycles. The molecule has 0 bridgehead atoms. The van der Waals surface area contributed by atoms with Gasteiger partial charge in [-0.15, -0.1) is 0 Å². The summed E-state index contributed by atoms with van der Waals surface area (Å²) in [7, 11) is 4.12. The number of halogens is 3. The zero-order chi connectivity index (χ0) is 19.8. The van der Waals surface area contributed by atoms with Gasteiger partial charge in [0.2, 0.25) is 0 Å². The maximum Gasteiger partial charge on any atom is 0.162 e. The van der Waals surface area contributed by atoms with E-state index in [1.165, 1.54) is 0 Å². The highest BCUT2D eigenvalue weighted by atomic mass is 79.9. The van der Waals surface area contributed by atoms with Crippen LogP contribution in [0.5, 0.6) is 11.5 Å². The molecule has 0 saturated heterocycles. The summed E-state index contributed by atoms with van der Waals surface area (Å²) in [5.41, 5.74) is 2.07. The van der Waals surface area contributed by atoms with Crippen LogP contribution in [0.15, 0.2) is 34.8 Å². The molecule has 2 aromatic carbocycles. The normalized spacial score (nSPS) is 11.1. The standard InChI is InChI=1S/C20H25BrCl2N2O2/c1-4-26-19-10-15(12-24-7-8-25(2)3)16(21)11-20(19)27-13-14-5-6-17(22)18(23)9-14/h5-6,9-11,24H,4,7-8,12-13H2,1-3H3. The van der Waals surface area contributed by atoms with Crippen LogP contribution in [-0.2, 0) is 13.2 Å². The van der Waals surface area contributed by atoms with Crippen molar-refractivity contribution < 1.29 is 9.47 Å². The van der Waals surface area contributed by atoms with E-state index in [2.05, 4.69) is 40.2 Å². The van der Waals surface area contributed by atoms with Gasteiger partial charge in [-0.2, -0.15) is 0 Å². The first-order valence-corrected chi connectivity index (χ1v) is 10.3. The maximum atomic E-state index is 6.07. The predicted octanol–water partition coefficient (Wildman–Crippen LogP) is 5.38. The molecule has 148 valence electrons. The van der Waals surface area contributed by atoms with Gasteiger partial charge in [0.05, 0.1) is 16.7 Å². The molecular weight excluding hydrogens is 451 g/mol. The molecule has 0 radical (unpaired) electrons. The second-order valence-electron chi connectivity index (χ2n) is 6.34. The summed E-state index contributed by atoms with van der Waals surface area (Å²) in [5.74, 6) is 1.41. The van der Waals surface area contributed by atoms with Crippen LogP contribution < -0.4 is 14.8 Å². The van der Waals surface area contributed by atoms with Crippen molar-refractivity contribution in [2.24, 2.45) is 0 Å². The number of benzene rings is 2. The van der Waals surface area contributed by atoms with E-state index in [-0.39, 0.29) is 0 Å². The lowest BCUT2D eigenvalue weighted by molar-refractivity contribution is 0.269. The van der Waals surface area contributed by atoms with Gasteiger partial charge in [0, 0.05) is 24.1 Å². The second-order valence-corrected chi connectivity index (χ2v) is 8.01. The molecule has 0 amide bonds. The van der Waals surface area contributed by atoms with Crippen LogP contribution in [0.1, 0.15) is 18.1 Å². The number of hydrogen-bond acceptors (Lipinski definition) is 4. The molecule has 0 aliphatic rings. The van der Waals surface area contributed by atoms with Crippen molar-refractivity contribution >= 4 is 39.1 Å². The van der Waals surface area contributed by atoms with Gasteiger partial charge in [0.1, 0.15) is 6.61 Å². The van der Waals surface area contributed by atoms with Crippen LogP contribution in [0, 0.1) is 0 Å². The predicted molar refractivity (Wildman–Crippen MR) is 116 cm³/mol. The summed E-state index contributed by atoms with van der Waals surface area (Å²) in [5, 5.41) is 4.49. The van der Waals surface area contributed by atoms with Gasteiger partial charge in [-0.05, 0) is 56.4 Å². The van der Waals surface area contributed by atoms with Gasteiger partial charge in [-0.1, -0.05) is 45.2 Å². The Morgan fingerprint density at radius 3 is 2.44 bits per heavy atom. The number of ether oxygens (including phenoxy) is 2. The van der Waals surface area contributed by atoms with E-state index in [0.29, 0.717) is 29.0 Å². The third-order valence-electron chi connectivity index (χ3n) is 3.84. The molecule has 0 unspecified atom stereocenters. The van der Waals surface area contributed by atoms with E-state index in [9.17, 15) is 0 Å². The Morgan fingerprint density at radius 2 is 1.78 bits per heavy atom. The molecule has 1 N–H and O–H groups in total. The van der Waals surface area contributed by atoms with Gasteiger partial charge in [-0.25, -0.2) is 0 Å². The molecule has 0 heterocycles. The molecule has 2 aromatic rings. The quantitative estimate of drug-likeness (QED) is 0.467. The molecule has 2 rings (SSSR count). The zero-order valence-electron chi connectivity index (χ0n) is 15.8. The number of nitrogens with one attached hydrogen (secondary N) is 1. The third-order valence-corrected chi connectivity index (χ3v) is 5.32. The molecule has 0 aliphatic heterocycles. The minimum Gasteiger partial charge on any atom is -0.490 e. The summed E-state index contributed by atoms with van der Waals surface area (Å²) in [6, 6.07) is 9.44. The van der Waals surface area contributed by atoms with Gasteiger partial charge in [-0.3, -0.25) is 0 Å². The Bertz CT molecular complexity index is 757. The summed E-state index contributed by atoms with van der Waals surface area (Å²) < 4.78 is 12.7. The van der Waals surface area contributed by atoms with E-state index in [1.54, 1.807) is 6.07 Å². The van der Waals surface area contributed by atoms with Crippen molar-refractivity contribution in [2.45, 2.75) is 20.1 Å². The van der Waals surface area contributed by atoms with Gasteiger partial charge in [0.25, 0.3) is 0 Å². The largest absolute Gasteiger partial charge is 0.490 e. The number of likely N-dealkylation sites (N-methyl/N-ethyl adjacent to an activating group) is 1. The molecule has 4 nitrogen and oxygen atoms in total. The number of rotatable bonds is 10. The maximum absolute atomic E-state index is 6.07. The van der Waals surface area contributed by atoms with Crippen LogP contribution >= 0.6 is 39.1 Å². The van der Waals surface area contributed by atoms with Crippen LogP contribution in [0.25, 0.3) is 0 Å². The molecule has 0 fully saturated rings. The minimum atomic E-state index is 0.379. The molecule has 0 spiro atoms. The monoisotopic (exact) mass is 474 g/mol. The van der Waals surface area contributed by atoms with E-state index in [1.807, 2.05) is 31.2 Å². The smallest absolute Gasteiger partial charge is 0.162 e. The lowest BCUT2D eigenvalue weighted by Crippen LogP contribution is -2.26. The summed E-state index contributed by atoms with van der Waals surface area (Å²) in [6.45, 7) is 5.56. The molecule has 0 aromatic heterocycles. The summed E-state index contributed by atoms with van der Waals surface area (Å²) in [6.07, 6.45) is 0. The Balaban J connectivity index is 2.08. The number of nitrogens with zero attached hydrogens (tertiary/aromatic N) is 1. The summed E-state index contributed by atoms with van der Waals surface area (Å²) >= 11 is 15.7. The highest BCUT2D eigenvalue weighted by Gasteiger charge is 2.12. The Hall–Kier alpha value is -0.980. The average molecular weight is 476 g/mol. The van der Waals surface area contributed by atoms with E-state index < -0.39 is 0 Å². The first-order valence-electron chi connectivity index (χ1n) is 8.78. The molecule has 0 saturated carbocycles. The van der Waals surface area contributed by atoms with Gasteiger partial charge in [0.15, 0.2) is 11.5 Å². The van der Waals surface area contributed by atoms with Crippen molar-refractivity contribution in [1.82, 2.24) is 10.2 Å². The minimum absolute atomic E-state index is 0.379. The van der Waals surface area contributed by atoms with Gasteiger partial charge < -0.3 is 19.7 Å². The lowest BCUT2D eigenvalue weighted by atomic mass is 10.2. The van der Waals surface area contributed by atoms with E-state index >= 15 is 0 Å². The van der Waals surface area contributed by atoms with Crippen molar-refractivity contribution in [3.8, 4) is 11.5 Å². The summed E-state index contributed by atoms with van der Waals surface area (Å²) in [4.78, 5) is 2.15. The highest BCUT2D eigenvalue weighted by Crippen LogP contribution is 2.34.